The summed E-state index contributed by atoms with van der Waals surface area (Å²) in [6, 6.07) is 0. The lowest BCUT2D eigenvalue weighted by Crippen LogP contribution is -2.29. The molecule has 0 fully saturated rings. The fourth-order valence-corrected chi connectivity index (χ4v) is 5.58. The molecule has 9 heteroatoms. The quantitative estimate of drug-likeness (QED) is 0.0290. The van der Waals surface area contributed by atoms with Crippen LogP contribution in [0.4, 0.5) is 0 Å². The van der Waals surface area contributed by atoms with Gasteiger partial charge >= 0.3 is 19.8 Å². The van der Waals surface area contributed by atoms with Crippen LogP contribution in [0, 0.1) is 0 Å². The van der Waals surface area contributed by atoms with E-state index >= 15 is 0 Å². The maximum atomic E-state index is 12.3. The van der Waals surface area contributed by atoms with Gasteiger partial charge < -0.3 is 19.3 Å². The molecule has 2 N–H and O–H groups in total. The van der Waals surface area contributed by atoms with Gasteiger partial charge in [-0.15, -0.1) is 0 Å². The first-order chi connectivity index (χ1) is 23.3. The van der Waals surface area contributed by atoms with Gasteiger partial charge in [0.1, 0.15) is 6.61 Å². The molecular formula is C39H71O8P. The molecule has 0 aromatic heterocycles. The lowest BCUT2D eigenvalue weighted by Gasteiger charge is -2.18. The molecule has 8 nitrogen and oxygen atoms in total. The summed E-state index contributed by atoms with van der Waals surface area (Å²) in [6.07, 6.45) is 40.1. The van der Waals surface area contributed by atoms with Crippen LogP contribution in [0.25, 0.3) is 0 Å². The second-order valence-corrected chi connectivity index (χ2v) is 14.1. The molecule has 0 aromatic carbocycles. The zero-order chi connectivity index (χ0) is 35.4. The average Bonchev–Trinajstić information content (AvgIpc) is 3.05. The van der Waals surface area contributed by atoms with Crippen molar-refractivity contribution in [3.8, 4) is 0 Å². The minimum atomic E-state index is -4.76. The SMILES string of the molecule is CCCCCCCC/C=C/C/C=C/CCCCC(=O)O[C@H](COC(=O)CCCCC/C=C/CCCCCCCCCC)COP(=O)(O)O. The minimum Gasteiger partial charge on any atom is -0.462 e. The van der Waals surface area contributed by atoms with Crippen molar-refractivity contribution in [1.29, 1.82) is 0 Å². The molecule has 0 aliphatic heterocycles. The summed E-state index contributed by atoms with van der Waals surface area (Å²) in [6.45, 7) is 3.63. The zero-order valence-corrected chi connectivity index (χ0v) is 31.5. The van der Waals surface area contributed by atoms with Crippen molar-refractivity contribution < 1.29 is 37.9 Å². The number of unbranched alkanes of at least 4 members (excludes halogenated alkanes) is 19. The van der Waals surface area contributed by atoms with Gasteiger partial charge in [0.25, 0.3) is 0 Å². The van der Waals surface area contributed by atoms with E-state index in [1.807, 2.05) is 0 Å². The van der Waals surface area contributed by atoms with Gasteiger partial charge in [-0.3, -0.25) is 14.1 Å². The van der Waals surface area contributed by atoms with Gasteiger partial charge in [-0.2, -0.15) is 0 Å². The molecule has 0 saturated heterocycles. The Morgan fingerprint density at radius 3 is 1.44 bits per heavy atom. The molecule has 0 amide bonds. The molecule has 0 saturated carbocycles. The molecule has 0 bridgehead atoms. The lowest BCUT2D eigenvalue weighted by molar-refractivity contribution is -0.161. The fourth-order valence-electron chi connectivity index (χ4n) is 5.22. The van der Waals surface area contributed by atoms with Gasteiger partial charge in [-0.1, -0.05) is 134 Å². The predicted octanol–water partition coefficient (Wildman–Crippen LogP) is 11.4. The van der Waals surface area contributed by atoms with Crippen LogP contribution >= 0.6 is 7.82 Å². The Morgan fingerprint density at radius 2 is 0.938 bits per heavy atom. The molecule has 280 valence electrons. The Bertz CT molecular complexity index is 879. The van der Waals surface area contributed by atoms with E-state index in [2.05, 4.69) is 54.8 Å². The molecule has 0 aromatic rings. The van der Waals surface area contributed by atoms with E-state index < -0.39 is 32.5 Å². The highest BCUT2D eigenvalue weighted by Gasteiger charge is 2.22. The molecule has 0 unspecified atom stereocenters. The summed E-state index contributed by atoms with van der Waals surface area (Å²) in [7, 11) is -4.76. The Morgan fingerprint density at radius 1 is 0.542 bits per heavy atom. The van der Waals surface area contributed by atoms with Crippen molar-refractivity contribution >= 4 is 19.8 Å². The summed E-state index contributed by atoms with van der Waals surface area (Å²) >= 11 is 0. The van der Waals surface area contributed by atoms with Crippen LogP contribution in [0.2, 0.25) is 0 Å². The second kappa shape index (κ2) is 35.1. The van der Waals surface area contributed by atoms with Crippen molar-refractivity contribution in [3.63, 3.8) is 0 Å². The third kappa shape index (κ3) is 37.1. The Kier molecular flexibility index (Phi) is 33.8. The molecule has 0 heterocycles. The number of phosphoric ester groups is 1. The number of carbonyl (C=O) groups excluding carboxylic acids is 2. The number of phosphoric acid groups is 1. The molecule has 0 aliphatic carbocycles. The number of allylic oxidation sites excluding steroid dienone is 6. The third-order valence-corrected chi connectivity index (χ3v) is 8.62. The minimum absolute atomic E-state index is 0.167. The number of hydrogen-bond acceptors (Lipinski definition) is 6. The topological polar surface area (TPSA) is 119 Å². The van der Waals surface area contributed by atoms with Crippen LogP contribution in [0.3, 0.4) is 0 Å². The summed E-state index contributed by atoms with van der Waals surface area (Å²) in [5.74, 6) is -0.941. The van der Waals surface area contributed by atoms with E-state index in [0.29, 0.717) is 12.8 Å². The Balaban J connectivity index is 4.04. The highest BCUT2D eigenvalue weighted by molar-refractivity contribution is 7.46. The largest absolute Gasteiger partial charge is 0.469 e. The Labute approximate surface area is 293 Å². The lowest BCUT2D eigenvalue weighted by atomic mass is 10.1. The summed E-state index contributed by atoms with van der Waals surface area (Å²) in [4.78, 5) is 42.7. The van der Waals surface area contributed by atoms with Gasteiger partial charge in [0.15, 0.2) is 6.10 Å². The number of ether oxygens (including phenoxy) is 2. The third-order valence-electron chi connectivity index (χ3n) is 8.13. The summed E-state index contributed by atoms with van der Waals surface area (Å²) in [5, 5.41) is 0. The highest BCUT2D eigenvalue weighted by atomic mass is 31.2. The van der Waals surface area contributed by atoms with E-state index in [0.717, 1.165) is 51.4 Å². The van der Waals surface area contributed by atoms with Crippen molar-refractivity contribution in [2.75, 3.05) is 13.2 Å². The van der Waals surface area contributed by atoms with Crippen molar-refractivity contribution in [2.24, 2.45) is 0 Å². The average molecular weight is 699 g/mol. The zero-order valence-electron chi connectivity index (χ0n) is 30.6. The van der Waals surface area contributed by atoms with Gasteiger partial charge in [-0.25, -0.2) is 4.57 Å². The van der Waals surface area contributed by atoms with Crippen molar-refractivity contribution in [2.45, 2.75) is 187 Å². The summed E-state index contributed by atoms with van der Waals surface area (Å²) < 4.78 is 26.3. The molecule has 48 heavy (non-hydrogen) atoms. The van der Waals surface area contributed by atoms with Gasteiger partial charge in [0.2, 0.25) is 0 Å². The van der Waals surface area contributed by atoms with Crippen LogP contribution < -0.4 is 0 Å². The first-order valence-corrected chi connectivity index (χ1v) is 20.8. The molecule has 0 rings (SSSR count). The standard InChI is InChI=1S/C39H71O8P/c1-3-5-7-9-11-13-15-17-19-21-23-25-27-29-31-33-38(40)45-35-37(36-46-48(42,43)44)47-39(41)34-32-30-28-26-24-22-20-18-16-14-12-10-8-6-4-2/h18,20-21,23-24,26,37H,3-17,19,22,25,27-36H2,1-2H3,(H2,42,43,44)/b20-18+,23-21+,26-24+/t37-/m1/s1. The van der Waals surface area contributed by atoms with E-state index in [-0.39, 0.29) is 19.4 Å². The number of esters is 2. The first-order valence-electron chi connectivity index (χ1n) is 19.3. The normalized spacial score (nSPS) is 12.8. The van der Waals surface area contributed by atoms with Crippen LogP contribution in [0.5, 0.6) is 0 Å². The summed E-state index contributed by atoms with van der Waals surface area (Å²) in [5.41, 5.74) is 0. The van der Waals surface area contributed by atoms with E-state index in [1.165, 1.54) is 89.9 Å². The van der Waals surface area contributed by atoms with Crippen LogP contribution in [-0.4, -0.2) is 41.0 Å². The van der Waals surface area contributed by atoms with Gasteiger partial charge in [0, 0.05) is 12.8 Å². The van der Waals surface area contributed by atoms with E-state index in [9.17, 15) is 14.2 Å². The maximum absolute atomic E-state index is 12.3. The molecule has 0 aliphatic rings. The number of rotatable bonds is 35. The molecule has 0 radical (unpaired) electrons. The van der Waals surface area contributed by atoms with E-state index in [1.54, 1.807) is 0 Å². The maximum Gasteiger partial charge on any atom is 0.469 e. The fraction of sp³-hybridized carbons (Fsp3) is 0.795. The van der Waals surface area contributed by atoms with Gasteiger partial charge in [-0.05, 0) is 70.6 Å². The van der Waals surface area contributed by atoms with Crippen LogP contribution in [0.1, 0.15) is 181 Å². The highest BCUT2D eigenvalue weighted by Crippen LogP contribution is 2.36. The first kappa shape index (κ1) is 46.3. The number of carbonyl (C=O) groups is 2. The van der Waals surface area contributed by atoms with Crippen LogP contribution in [0.15, 0.2) is 36.5 Å². The van der Waals surface area contributed by atoms with Crippen LogP contribution in [-0.2, 0) is 28.2 Å². The monoisotopic (exact) mass is 698 g/mol. The molecular weight excluding hydrogens is 627 g/mol. The predicted molar refractivity (Wildman–Crippen MR) is 198 cm³/mol. The molecule has 1 atom stereocenters. The smallest absolute Gasteiger partial charge is 0.462 e. The van der Waals surface area contributed by atoms with E-state index in [4.69, 9.17) is 19.3 Å². The second-order valence-electron chi connectivity index (χ2n) is 12.9. The number of hydrogen-bond donors (Lipinski definition) is 2. The van der Waals surface area contributed by atoms with Gasteiger partial charge in [0.05, 0.1) is 6.61 Å². The van der Waals surface area contributed by atoms with Crippen molar-refractivity contribution in [1.82, 2.24) is 0 Å². The molecule has 0 spiro atoms. The van der Waals surface area contributed by atoms with Crippen molar-refractivity contribution in [3.05, 3.63) is 36.5 Å². The Hall–Kier alpha value is -1.73.